The van der Waals surface area contributed by atoms with Gasteiger partial charge in [0.1, 0.15) is 0 Å². The largest absolute Gasteiger partial charge is 0.350 e. The summed E-state index contributed by atoms with van der Waals surface area (Å²) in [5.74, 6) is -0.0651. The Bertz CT molecular complexity index is 569. The summed E-state index contributed by atoms with van der Waals surface area (Å²) < 4.78 is 0. The molecule has 1 heterocycles. The molecule has 0 atom stereocenters. The summed E-state index contributed by atoms with van der Waals surface area (Å²) in [5, 5.41) is 11.4. The van der Waals surface area contributed by atoms with E-state index in [9.17, 15) is 4.79 Å². The molecule has 2 aromatic rings. The summed E-state index contributed by atoms with van der Waals surface area (Å²) in [6.07, 6.45) is 0.305. The van der Waals surface area contributed by atoms with Gasteiger partial charge in [-0.15, -0.1) is 0 Å². The second-order valence-corrected chi connectivity index (χ2v) is 4.69. The second-order valence-electron chi connectivity index (χ2n) is 4.25. The number of amides is 1. The summed E-state index contributed by atoms with van der Waals surface area (Å²) >= 11 is 5.87. The van der Waals surface area contributed by atoms with E-state index in [1.165, 1.54) is 0 Å². The van der Waals surface area contributed by atoms with Gasteiger partial charge >= 0.3 is 0 Å². The Balaban J connectivity index is 1.86. The van der Waals surface area contributed by atoms with E-state index >= 15 is 0 Å². The third-order valence-electron chi connectivity index (χ3n) is 2.57. The van der Waals surface area contributed by atoms with Crippen molar-refractivity contribution in [2.45, 2.75) is 19.9 Å². The van der Waals surface area contributed by atoms with E-state index in [1.807, 2.05) is 31.2 Å². The Morgan fingerprint density at radius 2 is 2.11 bits per heavy atom. The van der Waals surface area contributed by atoms with Crippen molar-refractivity contribution in [1.82, 2.24) is 15.5 Å². The maximum Gasteiger partial charge on any atom is 0.224 e. The molecule has 1 N–H and O–H groups in total. The van der Waals surface area contributed by atoms with Gasteiger partial charge in [-0.25, -0.2) is 0 Å². The lowest BCUT2D eigenvalue weighted by Gasteiger charge is -2.05. The van der Waals surface area contributed by atoms with Crippen molar-refractivity contribution in [3.8, 4) is 0 Å². The SMILES string of the molecule is Cc1ccc(CNC(=O)Cc2cccc(Cl)c2)nn1. The topological polar surface area (TPSA) is 54.9 Å². The molecule has 19 heavy (non-hydrogen) atoms. The number of aromatic nitrogens is 2. The summed E-state index contributed by atoms with van der Waals surface area (Å²) in [6, 6.07) is 11.0. The van der Waals surface area contributed by atoms with Gasteiger partial charge < -0.3 is 5.32 Å². The summed E-state index contributed by atoms with van der Waals surface area (Å²) in [5.41, 5.74) is 2.49. The first-order valence-electron chi connectivity index (χ1n) is 5.94. The van der Waals surface area contributed by atoms with E-state index in [-0.39, 0.29) is 5.91 Å². The Morgan fingerprint density at radius 3 is 2.79 bits per heavy atom. The number of nitrogens with one attached hydrogen (secondary N) is 1. The van der Waals surface area contributed by atoms with Crippen LogP contribution in [0.4, 0.5) is 0 Å². The van der Waals surface area contributed by atoms with Crippen LogP contribution in [-0.2, 0) is 17.8 Å². The maximum absolute atomic E-state index is 11.8. The van der Waals surface area contributed by atoms with Gasteiger partial charge in [-0.05, 0) is 36.8 Å². The molecule has 0 fully saturated rings. The van der Waals surface area contributed by atoms with Crippen molar-refractivity contribution in [2.75, 3.05) is 0 Å². The number of hydrogen-bond donors (Lipinski definition) is 1. The standard InChI is InChI=1S/C14H14ClN3O/c1-10-5-6-13(18-17-10)9-16-14(19)8-11-3-2-4-12(15)7-11/h2-7H,8-9H2,1H3,(H,16,19). The minimum absolute atomic E-state index is 0.0651. The highest BCUT2D eigenvalue weighted by Gasteiger charge is 2.04. The highest BCUT2D eigenvalue weighted by Crippen LogP contribution is 2.11. The molecule has 1 amide bonds. The van der Waals surface area contributed by atoms with E-state index in [1.54, 1.807) is 12.1 Å². The molecule has 4 nitrogen and oxygen atoms in total. The number of nitrogens with zero attached hydrogens (tertiary/aromatic N) is 2. The van der Waals surface area contributed by atoms with Gasteiger partial charge in [0.2, 0.25) is 5.91 Å². The van der Waals surface area contributed by atoms with E-state index in [4.69, 9.17) is 11.6 Å². The fraction of sp³-hybridized carbons (Fsp3) is 0.214. The molecule has 0 unspecified atom stereocenters. The van der Waals surface area contributed by atoms with Crippen LogP contribution in [0.2, 0.25) is 5.02 Å². The Morgan fingerprint density at radius 1 is 1.26 bits per heavy atom. The molecule has 1 aromatic carbocycles. The van der Waals surface area contributed by atoms with Gasteiger partial charge in [-0.2, -0.15) is 10.2 Å². The zero-order valence-corrected chi connectivity index (χ0v) is 11.3. The van der Waals surface area contributed by atoms with Crippen molar-refractivity contribution >= 4 is 17.5 Å². The molecule has 0 aliphatic heterocycles. The number of carbonyl (C=O) groups excluding carboxylic acids is 1. The predicted molar refractivity (Wildman–Crippen MR) is 73.8 cm³/mol. The molecule has 0 bridgehead atoms. The Labute approximate surface area is 116 Å². The zero-order valence-electron chi connectivity index (χ0n) is 10.6. The Hall–Kier alpha value is -1.94. The minimum atomic E-state index is -0.0651. The lowest BCUT2D eigenvalue weighted by molar-refractivity contribution is -0.120. The van der Waals surface area contributed by atoms with E-state index in [0.29, 0.717) is 18.0 Å². The minimum Gasteiger partial charge on any atom is -0.350 e. The molecule has 1 aromatic heterocycles. The lowest BCUT2D eigenvalue weighted by atomic mass is 10.1. The molecule has 0 spiro atoms. The number of rotatable bonds is 4. The second kappa shape index (κ2) is 6.29. The number of hydrogen-bond acceptors (Lipinski definition) is 3. The van der Waals surface area contributed by atoms with Crippen LogP contribution in [0, 0.1) is 6.92 Å². The van der Waals surface area contributed by atoms with Crippen LogP contribution in [0.15, 0.2) is 36.4 Å². The van der Waals surface area contributed by atoms with Gasteiger partial charge in [-0.3, -0.25) is 4.79 Å². The summed E-state index contributed by atoms with van der Waals surface area (Å²) in [7, 11) is 0. The summed E-state index contributed by atoms with van der Waals surface area (Å²) in [6.45, 7) is 2.25. The molecular formula is C14H14ClN3O. The number of benzene rings is 1. The van der Waals surface area contributed by atoms with Crippen LogP contribution in [0.25, 0.3) is 0 Å². The molecule has 2 rings (SSSR count). The maximum atomic E-state index is 11.8. The molecule has 0 radical (unpaired) electrons. The first kappa shape index (κ1) is 13.5. The van der Waals surface area contributed by atoms with Crippen molar-refractivity contribution < 1.29 is 4.79 Å². The van der Waals surface area contributed by atoms with Gasteiger partial charge in [0.25, 0.3) is 0 Å². The van der Waals surface area contributed by atoms with Crippen LogP contribution in [0.3, 0.4) is 0 Å². The molecule has 0 aliphatic carbocycles. The normalized spacial score (nSPS) is 10.2. The van der Waals surface area contributed by atoms with Gasteiger partial charge in [0.05, 0.1) is 24.4 Å². The van der Waals surface area contributed by atoms with Crippen molar-refractivity contribution in [2.24, 2.45) is 0 Å². The average molecular weight is 276 g/mol. The monoisotopic (exact) mass is 275 g/mol. The average Bonchev–Trinajstić information content (AvgIpc) is 2.38. The highest BCUT2D eigenvalue weighted by atomic mass is 35.5. The van der Waals surface area contributed by atoms with Crippen LogP contribution in [-0.4, -0.2) is 16.1 Å². The van der Waals surface area contributed by atoms with Crippen LogP contribution in [0.1, 0.15) is 17.0 Å². The van der Waals surface area contributed by atoms with Gasteiger partial charge in [0.15, 0.2) is 0 Å². The molecular weight excluding hydrogens is 262 g/mol. The number of aryl methyl sites for hydroxylation is 1. The summed E-state index contributed by atoms with van der Waals surface area (Å²) in [4.78, 5) is 11.8. The van der Waals surface area contributed by atoms with Crippen molar-refractivity contribution in [3.63, 3.8) is 0 Å². The predicted octanol–water partition coefficient (Wildman–Crippen LogP) is 2.30. The van der Waals surface area contributed by atoms with Gasteiger partial charge in [0, 0.05) is 5.02 Å². The van der Waals surface area contributed by atoms with E-state index < -0.39 is 0 Å². The molecule has 0 saturated heterocycles. The third-order valence-corrected chi connectivity index (χ3v) is 2.81. The first-order valence-corrected chi connectivity index (χ1v) is 6.31. The highest BCUT2D eigenvalue weighted by molar-refractivity contribution is 6.30. The van der Waals surface area contributed by atoms with Crippen LogP contribution in [0.5, 0.6) is 0 Å². The van der Waals surface area contributed by atoms with Gasteiger partial charge in [-0.1, -0.05) is 23.7 Å². The molecule has 98 valence electrons. The zero-order chi connectivity index (χ0) is 13.7. The Kier molecular flexibility index (Phi) is 4.47. The fourth-order valence-corrected chi connectivity index (χ4v) is 1.82. The van der Waals surface area contributed by atoms with Crippen molar-refractivity contribution in [1.29, 1.82) is 0 Å². The van der Waals surface area contributed by atoms with Crippen molar-refractivity contribution in [3.05, 3.63) is 58.4 Å². The molecule has 0 aliphatic rings. The lowest BCUT2D eigenvalue weighted by Crippen LogP contribution is -2.25. The molecule has 0 saturated carbocycles. The third kappa shape index (κ3) is 4.34. The number of halogens is 1. The van der Waals surface area contributed by atoms with E-state index in [0.717, 1.165) is 17.0 Å². The quantitative estimate of drug-likeness (QED) is 0.931. The van der Waals surface area contributed by atoms with E-state index in [2.05, 4.69) is 15.5 Å². The first-order chi connectivity index (χ1) is 9.13. The smallest absolute Gasteiger partial charge is 0.224 e. The fourth-order valence-electron chi connectivity index (χ4n) is 1.60. The molecule has 5 heteroatoms. The van der Waals surface area contributed by atoms with Crippen LogP contribution < -0.4 is 5.32 Å². The number of carbonyl (C=O) groups is 1. The van der Waals surface area contributed by atoms with Crippen LogP contribution >= 0.6 is 11.6 Å².